The van der Waals surface area contributed by atoms with Crippen molar-refractivity contribution in [1.82, 2.24) is 24.7 Å². The van der Waals surface area contributed by atoms with Crippen molar-refractivity contribution < 1.29 is 4.74 Å². The number of allylic oxidation sites excluding steroid dienone is 3. The maximum atomic E-state index is 6.14. The van der Waals surface area contributed by atoms with Gasteiger partial charge in [0.05, 0.1) is 18.7 Å². The van der Waals surface area contributed by atoms with E-state index in [-0.39, 0.29) is 0 Å². The summed E-state index contributed by atoms with van der Waals surface area (Å²) in [6.45, 7) is 11.8. The van der Waals surface area contributed by atoms with Gasteiger partial charge in [0.15, 0.2) is 0 Å². The van der Waals surface area contributed by atoms with Crippen molar-refractivity contribution in [2.24, 2.45) is 5.92 Å². The Morgan fingerprint density at radius 2 is 1.86 bits per heavy atom. The molecule has 4 rings (SSSR count). The van der Waals surface area contributed by atoms with Crippen LogP contribution in [0.25, 0.3) is 0 Å². The number of nitrogens with one attached hydrogen (secondary N) is 1. The number of likely N-dealkylation sites (N-methyl/N-ethyl adjacent to an activating group) is 1. The van der Waals surface area contributed by atoms with Gasteiger partial charge in [-0.05, 0) is 96.4 Å². The summed E-state index contributed by atoms with van der Waals surface area (Å²) >= 11 is 0. The van der Waals surface area contributed by atoms with E-state index < -0.39 is 0 Å². The van der Waals surface area contributed by atoms with Gasteiger partial charge in [-0.25, -0.2) is 4.98 Å². The van der Waals surface area contributed by atoms with E-state index in [0.717, 1.165) is 50.6 Å². The Bertz CT molecular complexity index is 784. The number of ether oxygens (including phenoxy) is 1. The van der Waals surface area contributed by atoms with Crippen LogP contribution in [0.5, 0.6) is 0 Å². The number of likely N-dealkylation sites (tertiary alicyclic amines) is 2. The second-order valence-corrected chi connectivity index (χ2v) is 10.2. The minimum absolute atomic E-state index is 0.703. The number of rotatable bonds is 10. The molecule has 0 radical (unpaired) electrons. The molecule has 1 aliphatic carbocycles. The van der Waals surface area contributed by atoms with Crippen LogP contribution in [0.3, 0.4) is 0 Å². The molecule has 2 saturated heterocycles. The van der Waals surface area contributed by atoms with E-state index in [1.807, 2.05) is 20.0 Å². The molecule has 0 bridgehead atoms. The number of aromatic nitrogens is 2. The number of piperidine rings is 2. The molecule has 6 nitrogen and oxygen atoms in total. The zero-order valence-corrected chi connectivity index (χ0v) is 22.7. The van der Waals surface area contributed by atoms with Crippen LogP contribution in [0, 0.1) is 5.92 Å². The highest BCUT2D eigenvalue weighted by Crippen LogP contribution is 2.21. The molecule has 0 saturated carbocycles. The van der Waals surface area contributed by atoms with E-state index in [4.69, 9.17) is 4.74 Å². The van der Waals surface area contributed by atoms with Crippen LogP contribution in [-0.4, -0.2) is 90.7 Å². The van der Waals surface area contributed by atoms with Gasteiger partial charge in [-0.1, -0.05) is 32.1 Å². The van der Waals surface area contributed by atoms with E-state index in [2.05, 4.69) is 63.1 Å². The molecule has 0 atom stereocenters. The van der Waals surface area contributed by atoms with Gasteiger partial charge in [-0.3, -0.25) is 4.90 Å². The third-order valence-electron chi connectivity index (χ3n) is 7.55. The molecule has 1 aromatic heterocycles. The van der Waals surface area contributed by atoms with Crippen LogP contribution in [0.1, 0.15) is 58.1 Å². The van der Waals surface area contributed by atoms with E-state index in [1.54, 1.807) is 6.33 Å². The standard InChI is InChI=1S/C27H43N5O.C2H6/c1-30-14-11-26(12-15-30)31(2)21-24-5-3-6-27(8-7-24)33-18-4-13-32-16-9-23(10-17-32)19-25-20-28-22-29-25;1-2/h3,5,7-8,20,22-23,26H,4,6,9-19,21H2,1-2H3,(H,28,29);1-2H3. The zero-order chi connectivity index (χ0) is 24.9. The van der Waals surface area contributed by atoms with Gasteiger partial charge >= 0.3 is 0 Å². The van der Waals surface area contributed by atoms with Crippen molar-refractivity contribution in [3.05, 3.63) is 53.9 Å². The molecule has 3 aliphatic rings. The molecule has 2 aliphatic heterocycles. The zero-order valence-electron chi connectivity index (χ0n) is 22.7. The molecule has 3 heterocycles. The summed E-state index contributed by atoms with van der Waals surface area (Å²) in [7, 11) is 4.50. The number of hydrogen-bond acceptors (Lipinski definition) is 5. The molecule has 1 N–H and O–H groups in total. The quantitative estimate of drug-likeness (QED) is 0.480. The lowest BCUT2D eigenvalue weighted by molar-refractivity contribution is 0.150. The third-order valence-corrected chi connectivity index (χ3v) is 7.55. The van der Waals surface area contributed by atoms with Crippen LogP contribution < -0.4 is 0 Å². The second-order valence-electron chi connectivity index (χ2n) is 10.2. The Morgan fingerprint density at radius 3 is 2.57 bits per heavy atom. The Hall–Kier alpha value is -1.89. The molecule has 0 spiro atoms. The lowest BCUT2D eigenvalue weighted by atomic mass is 9.92. The van der Waals surface area contributed by atoms with E-state index in [0.29, 0.717) is 6.04 Å². The van der Waals surface area contributed by atoms with Crippen LogP contribution in [0.15, 0.2) is 48.2 Å². The van der Waals surface area contributed by atoms with Gasteiger partial charge in [0.1, 0.15) is 0 Å². The van der Waals surface area contributed by atoms with Gasteiger partial charge in [0, 0.05) is 37.4 Å². The first-order valence-electron chi connectivity index (χ1n) is 13.9. The summed E-state index contributed by atoms with van der Waals surface area (Å²) in [4.78, 5) is 14.9. The predicted molar refractivity (Wildman–Crippen MR) is 146 cm³/mol. The first-order valence-corrected chi connectivity index (χ1v) is 13.9. The fourth-order valence-electron chi connectivity index (χ4n) is 5.33. The predicted octanol–water partition coefficient (Wildman–Crippen LogP) is 4.89. The molecular formula is C29H49N5O. The first-order chi connectivity index (χ1) is 17.2. The highest BCUT2D eigenvalue weighted by molar-refractivity contribution is 5.30. The highest BCUT2D eigenvalue weighted by Gasteiger charge is 2.21. The molecule has 6 heteroatoms. The summed E-state index contributed by atoms with van der Waals surface area (Å²) in [6.07, 6.45) is 21.0. The van der Waals surface area contributed by atoms with Crippen molar-refractivity contribution in [2.45, 2.75) is 64.8 Å². The van der Waals surface area contributed by atoms with Gasteiger partial charge in [0.2, 0.25) is 0 Å². The Morgan fingerprint density at radius 1 is 1.09 bits per heavy atom. The molecule has 196 valence electrons. The van der Waals surface area contributed by atoms with E-state index >= 15 is 0 Å². The molecular weight excluding hydrogens is 434 g/mol. The number of hydrogen-bond donors (Lipinski definition) is 1. The average molecular weight is 484 g/mol. The van der Waals surface area contributed by atoms with Crippen LogP contribution in [0.4, 0.5) is 0 Å². The summed E-state index contributed by atoms with van der Waals surface area (Å²) in [5.41, 5.74) is 2.66. The Labute approximate surface area is 214 Å². The van der Waals surface area contributed by atoms with Crippen molar-refractivity contribution >= 4 is 0 Å². The van der Waals surface area contributed by atoms with Gasteiger partial charge in [-0.2, -0.15) is 0 Å². The molecule has 35 heavy (non-hydrogen) atoms. The molecule has 1 aromatic rings. The Kier molecular flexibility index (Phi) is 12.1. The molecule has 0 unspecified atom stereocenters. The van der Waals surface area contributed by atoms with Crippen LogP contribution in [-0.2, 0) is 11.2 Å². The first kappa shape index (κ1) is 27.7. The van der Waals surface area contributed by atoms with Gasteiger partial charge in [0.25, 0.3) is 0 Å². The fourth-order valence-corrected chi connectivity index (χ4v) is 5.33. The fraction of sp³-hybridized carbons (Fsp3) is 0.690. The molecule has 2 fully saturated rings. The average Bonchev–Trinajstić information content (AvgIpc) is 3.30. The van der Waals surface area contributed by atoms with Crippen molar-refractivity contribution in [2.75, 3.05) is 60.0 Å². The summed E-state index contributed by atoms with van der Waals surface area (Å²) in [5, 5.41) is 0. The van der Waals surface area contributed by atoms with Crippen LogP contribution >= 0.6 is 0 Å². The topological polar surface area (TPSA) is 47.6 Å². The maximum absolute atomic E-state index is 6.14. The lowest BCUT2D eigenvalue weighted by Crippen LogP contribution is -2.42. The maximum Gasteiger partial charge on any atom is 0.0997 e. The highest BCUT2D eigenvalue weighted by atomic mass is 16.5. The summed E-state index contributed by atoms with van der Waals surface area (Å²) in [5.74, 6) is 1.89. The van der Waals surface area contributed by atoms with E-state index in [1.165, 1.54) is 63.1 Å². The number of H-pyrrole nitrogens is 1. The van der Waals surface area contributed by atoms with Crippen molar-refractivity contribution in [3.8, 4) is 0 Å². The van der Waals surface area contributed by atoms with Gasteiger partial charge in [-0.15, -0.1) is 0 Å². The third kappa shape index (κ3) is 9.59. The largest absolute Gasteiger partial charge is 0.498 e. The minimum atomic E-state index is 0.703. The molecule has 0 amide bonds. The smallest absolute Gasteiger partial charge is 0.0997 e. The Balaban J connectivity index is 0.00000167. The SMILES string of the molecule is CC.CN1CCC(N(C)CC2=CC=C(OCCCN3CCC(Cc4cnc[nH]4)CC3)CC=C2)CC1. The monoisotopic (exact) mass is 483 g/mol. The van der Waals surface area contributed by atoms with E-state index in [9.17, 15) is 0 Å². The van der Waals surface area contributed by atoms with Crippen LogP contribution in [0.2, 0.25) is 0 Å². The number of imidazole rings is 1. The number of nitrogens with zero attached hydrogens (tertiary/aromatic N) is 4. The molecule has 0 aromatic carbocycles. The number of aromatic amines is 1. The van der Waals surface area contributed by atoms with Crippen molar-refractivity contribution in [1.29, 1.82) is 0 Å². The van der Waals surface area contributed by atoms with Crippen molar-refractivity contribution in [3.63, 3.8) is 0 Å². The normalized spacial score (nSPS) is 20.7. The van der Waals surface area contributed by atoms with Gasteiger partial charge < -0.3 is 19.5 Å². The minimum Gasteiger partial charge on any atom is -0.498 e. The lowest BCUT2D eigenvalue weighted by Gasteiger charge is -2.35. The second kappa shape index (κ2) is 15.3. The summed E-state index contributed by atoms with van der Waals surface area (Å²) < 4.78 is 6.14. The summed E-state index contributed by atoms with van der Waals surface area (Å²) in [6, 6.07) is 0.703.